The van der Waals surface area contributed by atoms with Crippen LogP contribution in [-0.2, 0) is 14.3 Å². The van der Waals surface area contributed by atoms with Gasteiger partial charge in [-0.1, -0.05) is 53.9 Å². The minimum Gasteiger partial charge on any atom is -0.463 e. The van der Waals surface area contributed by atoms with Crippen LogP contribution in [0.15, 0.2) is 0 Å². The van der Waals surface area contributed by atoms with Crippen LogP contribution in [0.5, 0.6) is 0 Å². The fraction of sp³-hybridized carbons (Fsp3) is 0.931. The van der Waals surface area contributed by atoms with Crippen LogP contribution in [0.4, 0.5) is 0 Å². The first-order valence-corrected chi connectivity index (χ1v) is 13.8. The van der Waals surface area contributed by atoms with E-state index in [0.29, 0.717) is 23.0 Å². The van der Waals surface area contributed by atoms with Crippen molar-refractivity contribution in [1.82, 2.24) is 0 Å². The summed E-state index contributed by atoms with van der Waals surface area (Å²) in [5, 5.41) is 0. The SMILES string of the molecule is CC(=O)O[C@H]1CC[C@@]2(C)[C@H](C1)C(=O)C[C@@H]1[C@@H]2CC[C@]2(C)[C@@H]([C@@H](C)CCCC(C)C)CC[C@@H]12. The number of hydrogen-bond acceptors (Lipinski definition) is 3. The molecule has 4 saturated carbocycles. The number of carbonyl (C=O) groups excluding carboxylic acids is 2. The summed E-state index contributed by atoms with van der Waals surface area (Å²) in [6.45, 7) is 13.7. The second-order valence-corrected chi connectivity index (χ2v) is 13.1. The van der Waals surface area contributed by atoms with Crippen LogP contribution in [-0.4, -0.2) is 17.9 Å². The van der Waals surface area contributed by atoms with Gasteiger partial charge in [0.2, 0.25) is 0 Å². The normalized spacial score (nSPS) is 44.5. The van der Waals surface area contributed by atoms with Crippen molar-refractivity contribution in [2.24, 2.45) is 52.3 Å². The number of rotatable bonds is 6. The summed E-state index contributed by atoms with van der Waals surface area (Å²) < 4.78 is 5.55. The molecule has 4 fully saturated rings. The second kappa shape index (κ2) is 9.06. The molecule has 4 aliphatic rings. The van der Waals surface area contributed by atoms with E-state index >= 15 is 0 Å². The van der Waals surface area contributed by atoms with Crippen LogP contribution in [0.2, 0.25) is 0 Å². The summed E-state index contributed by atoms with van der Waals surface area (Å²) in [5.41, 5.74) is 0.537. The van der Waals surface area contributed by atoms with E-state index in [-0.39, 0.29) is 23.4 Å². The van der Waals surface area contributed by atoms with E-state index < -0.39 is 0 Å². The summed E-state index contributed by atoms with van der Waals surface area (Å²) in [4.78, 5) is 25.0. The van der Waals surface area contributed by atoms with Gasteiger partial charge in [-0.2, -0.15) is 0 Å². The lowest BCUT2D eigenvalue weighted by molar-refractivity contribution is -0.169. The first-order chi connectivity index (χ1) is 15.1. The zero-order chi connectivity index (χ0) is 23.3. The quantitative estimate of drug-likeness (QED) is 0.406. The molecule has 0 radical (unpaired) electrons. The summed E-state index contributed by atoms with van der Waals surface area (Å²) >= 11 is 0. The molecule has 0 unspecified atom stereocenters. The first kappa shape index (κ1) is 24.3. The fourth-order valence-electron chi connectivity index (χ4n) is 9.37. The Hall–Kier alpha value is -0.860. The van der Waals surface area contributed by atoms with Crippen LogP contribution < -0.4 is 0 Å². The molecule has 0 spiro atoms. The monoisotopic (exact) mass is 444 g/mol. The molecule has 182 valence electrons. The third kappa shape index (κ3) is 4.20. The second-order valence-electron chi connectivity index (χ2n) is 13.1. The van der Waals surface area contributed by atoms with Gasteiger partial charge in [-0.25, -0.2) is 0 Å². The average molecular weight is 445 g/mol. The molecule has 0 aromatic rings. The van der Waals surface area contributed by atoms with Crippen LogP contribution in [0.3, 0.4) is 0 Å². The molecular formula is C29H48O3. The Kier molecular flexibility index (Phi) is 6.87. The molecule has 3 heteroatoms. The highest BCUT2D eigenvalue weighted by atomic mass is 16.5. The lowest BCUT2D eigenvalue weighted by atomic mass is 9.44. The van der Waals surface area contributed by atoms with E-state index in [4.69, 9.17) is 4.74 Å². The lowest BCUT2D eigenvalue weighted by Crippen LogP contribution is -2.57. The van der Waals surface area contributed by atoms with E-state index in [9.17, 15) is 9.59 Å². The van der Waals surface area contributed by atoms with Crippen LogP contribution in [0.1, 0.15) is 112 Å². The predicted octanol–water partition coefficient (Wildman–Crippen LogP) is 7.22. The number of Topliss-reactive ketones (excluding diaryl/α,β-unsaturated/α-hetero) is 1. The van der Waals surface area contributed by atoms with Crippen molar-refractivity contribution in [1.29, 1.82) is 0 Å². The van der Waals surface area contributed by atoms with Crippen LogP contribution in [0, 0.1) is 52.3 Å². The van der Waals surface area contributed by atoms with Crippen molar-refractivity contribution in [3.63, 3.8) is 0 Å². The van der Waals surface area contributed by atoms with Gasteiger partial charge in [-0.3, -0.25) is 9.59 Å². The number of fused-ring (bicyclic) bond motifs is 5. The smallest absolute Gasteiger partial charge is 0.302 e. The standard InChI is InChI=1S/C29H48O3/c1-18(2)8-7-9-19(3)23-10-11-24-22-17-27(31)26-16-21(32-20(4)30)12-14-29(26,6)25(22)13-15-28(23,24)5/h18-19,21-26H,7-17H2,1-6H3/t19-,21-,22-,23+,24-,25-,26+,28+,29+/m0/s1. The van der Waals surface area contributed by atoms with Gasteiger partial charge in [-0.05, 0) is 91.3 Å². The van der Waals surface area contributed by atoms with Gasteiger partial charge >= 0.3 is 5.97 Å². The van der Waals surface area contributed by atoms with Crippen molar-refractivity contribution >= 4 is 11.8 Å². The molecule has 9 atom stereocenters. The van der Waals surface area contributed by atoms with Gasteiger partial charge in [0, 0.05) is 19.3 Å². The number of carbonyl (C=O) groups is 2. The van der Waals surface area contributed by atoms with Crippen LogP contribution >= 0.6 is 0 Å². The van der Waals surface area contributed by atoms with E-state index in [0.717, 1.165) is 49.4 Å². The van der Waals surface area contributed by atoms with E-state index in [1.54, 1.807) is 0 Å². The van der Waals surface area contributed by atoms with Crippen molar-refractivity contribution in [3.05, 3.63) is 0 Å². The number of esters is 1. The molecule has 3 nitrogen and oxygen atoms in total. The molecule has 4 rings (SSSR count). The maximum absolute atomic E-state index is 13.5. The van der Waals surface area contributed by atoms with Gasteiger partial charge < -0.3 is 4.74 Å². The molecule has 4 aliphatic carbocycles. The van der Waals surface area contributed by atoms with Crippen molar-refractivity contribution in [3.8, 4) is 0 Å². The number of ketones is 1. The summed E-state index contributed by atoms with van der Waals surface area (Å²) in [5.74, 6) is 4.81. The van der Waals surface area contributed by atoms with E-state index in [1.165, 1.54) is 51.9 Å². The minimum absolute atomic E-state index is 0.0533. The zero-order valence-electron chi connectivity index (χ0n) is 21.6. The molecular weight excluding hydrogens is 396 g/mol. The van der Waals surface area contributed by atoms with Crippen molar-refractivity contribution in [2.45, 2.75) is 118 Å². The summed E-state index contributed by atoms with van der Waals surface area (Å²) in [6, 6.07) is 0. The van der Waals surface area contributed by atoms with Gasteiger partial charge in [0.1, 0.15) is 11.9 Å². The Bertz CT molecular complexity index is 713. The molecule has 0 heterocycles. The highest BCUT2D eigenvalue weighted by molar-refractivity contribution is 5.83. The maximum atomic E-state index is 13.5. The third-order valence-corrected chi connectivity index (χ3v) is 10.9. The topological polar surface area (TPSA) is 43.4 Å². The molecule has 0 aromatic carbocycles. The molecule has 0 aromatic heterocycles. The first-order valence-electron chi connectivity index (χ1n) is 13.8. The molecule has 0 saturated heterocycles. The van der Waals surface area contributed by atoms with Gasteiger partial charge in [-0.15, -0.1) is 0 Å². The Morgan fingerprint density at radius 2 is 1.69 bits per heavy atom. The largest absolute Gasteiger partial charge is 0.463 e. The zero-order valence-corrected chi connectivity index (χ0v) is 21.6. The van der Waals surface area contributed by atoms with Crippen molar-refractivity contribution < 1.29 is 14.3 Å². The molecule has 0 amide bonds. The maximum Gasteiger partial charge on any atom is 0.302 e. The van der Waals surface area contributed by atoms with Gasteiger partial charge in [0.25, 0.3) is 0 Å². The molecule has 0 bridgehead atoms. The van der Waals surface area contributed by atoms with Crippen molar-refractivity contribution in [2.75, 3.05) is 0 Å². The Morgan fingerprint density at radius 1 is 1.00 bits per heavy atom. The number of hydrogen-bond donors (Lipinski definition) is 0. The van der Waals surface area contributed by atoms with Gasteiger partial charge in [0.15, 0.2) is 0 Å². The summed E-state index contributed by atoms with van der Waals surface area (Å²) in [6.07, 6.45) is 12.9. The average Bonchev–Trinajstić information content (AvgIpc) is 3.06. The molecule has 0 aliphatic heterocycles. The number of ether oxygens (including phenoxy) is 1. The Morgan fingerprint density at radius 3 is 2.38 bits per heavy atom. The fourth-order valence-corrected chi connectivity index (χ4v) is 9.37. The molecule has 32 heavy (non-hydrogen) atoms. The summed E-state index contributed by atoms with van der Waals surface area (Å²) in [7, 11) is 0. The van der Waals surface area contributed by atoms with Crippen LogP contribution in [0.25, 0.3) is 0 Å². The minimum atomic E-state index is -0.201. The molecule has 0 N–H and O–H groups in total. The Balaban J connectivity index is 1.48. The van der Waals surface area contributed by atoms with E-state index in [2.05, 4.69) is 34.6 Å². The highest BCUT2D eigenvalue weighted by Crippen LogP contribution is 2.68. The highest BCUT2D eigenvalue weighted by Gasteiger charge is 2.62. The lowest BCUT2D eigenvalue weighted by Gasteiger charge is -2.60. The van der Waals surface area contributed by atoms with Gasteiger partial charge in [0.05, 0.1) is 0 Å². The van der Waals surface area contributed by atoms with E-state index in [1.807, 2.05) is 0 Å². The third-order valence-electron chi connectivity index (χ3n) is 10.9. The Labute approximate surface area is 196 Å². The predicted molar refractivity (Wildman–Crippen MR) is 129 cm³/mol.